The number of nitrogens with zero attached hydrogens (tertiary/aromatic N) is 1. The number of anilines is 1. The van der Waals surface area contributed by atoms with Gasteiger partial charge in [-0.25, -0.2) is 4.39 Å². The fourth-order valence-electron chi connectivity index (χ4n) is 1.98. The molecule has 1 aliphatic heterocycles. The van der Waals surface area contributed by atoms with Gasteiger partial charge in [-0.15, -0.1) is 0 Å². The molecule has 1 unspecified atom stereocenters. The van der Waals surface area contributed by atoms with Crippen LogP contribution in [0.5, 0.6) is 0 Å². The minimum Gasteiger partial charge on any atom is -0.361 e. The number of pyridine rings is 1. The molecule has 1 amide bonds. The third kappa shape index (κ3) is 1.69. The lowest BCUT2D eigenvalue weighted by Gasteiger charge is -2.28. The van der Waals surface area contributed by atoms with Crippen LogP contribution in [0.2, 0.25) is 0 Å². The Bertz CT molecular complexity index is 600. The van der Waals surface area contributed by atoms with E-state index < -0.39 is 11.7 Å². The van der Waals surface area contributed by atoms with Crippen LogP contribution < -0.4 is 10.6 Å². The van der Waals surface area contributed by atoms with Crippen molar-refractivity contribution in [1.29, 1.82) is 0 Å². The SMILES string of the molecule is O=C1NC(c2cccnc2)Nc2cccc(F)c21. The molecule has 0 spiro atoms. The summed E-state index contributed by atoms with van der Waals surface area (Å²) in [6.07, 6.45) is 2.92. The summed E-state index contributed by atoms with van der Waals surface area (Å²) in [7, 11) is 0. The standard InChI is InChI=1S/C13H10FN3O/c14-9-4-1-5-10-11(9)13(18)17-12(16-10)8-3-2-6-15-7-8/h1-7,12,16H,(H,17,18). The normalized spacial score (nSPS) is 17.6. The molecule has 1 atom stereocenters. The molecular formula is C13H10FN3O. The van der Waals surface area contributed by atoms with Gasteiger partial charge in [0.05, 0.1) is 11.3 Å². The third-order valence-corrected chi connectivity index (χ3v) is 2.83. The van der Waals surface area contributed by atoms with Gasteiger partial charge in [0, 0.05) is 18.0 Å². The molecule has 0 saturated carbocycles. The molecule has 18 heavy (non-hydrogen) atoms. The van der Waals surface area contributed by atoms with Crippen molar-refractivity contribution in [2.45, 2.75) is 6.17 Å². The number of rotatable bonds is 1. The van der Waals surface area contributed by atoms with Gasteiger partial charge in [0.15, 0.2) is 0 Å². The van der Waals surface area contributed by atoms with Gasteiger partial charge in [0.1, 0.15) is 12.0 Å². The van der Waals surface area contributed by atoms with Crippen LogP contribution in [0.15, 0.2) is 42.7 Å². The number of carbonyl (C=O) groups is 1. The van der Waals surface area contributed by atoms with E-state index in [4.69, 9.17) is 0 Å². The summed E-state index contributed by atoms with van der Waals surface area (Å²) in [6.45, 7) is 0. The first kappa shape index (κ1) is 10.7. The molecular weight excluding hydrogens is 233 g/mol. The van der Waals surface area contributed by atoms with Crippen LogP contribution in [0.3, 0.4) is 0 Å². The topological polar surface area (TPSA) is 54.0 Å². The monoisotopic (exact) mass is 243 g/mol. The highest BCUT2D eigenvalue weighted by Gasteiger charge is 2.27. The Morgan fingerprint density at radius 1 is 1.17 bits per heavy atom. The van der Waals surface area contributed by atoms with Crippen LogP contribution >= 0.6 is 0 Å². The number of hydrogen-bond acceptors (Lipinski definition) is 3. The summed E-state index contributed by atoms with van der Waals surface area (Å²) in [6, 6.07) is 8.14. The van der Waals surface area contributed by atoms with E-state index in [1.807, 2.05) is 6.07 Å². The molecule has 2 aromatic rings. The van der Waals surface area contributed by atoms with Crippen molar-refractivity contribution in [2.75, 3.05) is 5.32 Å². The van der Waals surface area contributed by atoms with E-state index in [1.54, 1.807) is 30.6 Å². The third-order valence-electron chi connectivity index (χ3n) is 2.83. The van der Waals surface area contributed by atoms with Crippen LogP contribution in [0.25, 0.3) is 0 Å². The number of aromatic nitrogens is 1. The highest BCUT2D eigenvalue weighted by molar-refractivity contribution is 6.01. The fourth-order valence-corrected chi connectivity index (χ4v) is 1.98. The number of hydrogen-bond donors (Lipinski definition) is 2. The molecule has 0 radical (unpaired) electrons. The van der Waals surface area contributed by atoms with Gasteiger partial charge in [0.2, 0.25) is 0 Å². The van der Waals surface area contributed by atoms with Crippen LogP contribution in [-0.2, 0) is 0 Å². The van der Waals surface area contributed by atoms with Crippen LogP contribution in [0, 0.1) is 5.82 Å². The Kier molecular flexibility index (Phi) is 2.44. The molecule has 1 aromatic carbocycles. The first-order valence-electron chi connectivity index (χ1n) is 5.51. The molecule has 2 N–H and O–H groups in total. The average Bonchev–Trinajstić information content (AvgIpc) is 2.39. The average molecular weight is 243 g/mol. The van der Waals surface area contributed by atoms with Crippen molar-refractivity contribution in [1.82, 2.24) is 10.3 Å². The predicted octanol–water partition coefficient (Wildman–Crippen LogP) is 2.07. The molecule has 90 valence electrons. The quantitative estimate of drug-likeness (QED) is 0.806. The van der Waals surface area contributed by atoms with Gasteiger partial charge in [0.25, 0.3) is 5.91 Å². The molecule has 0 saturated heterocycles. The summed E-state index contributed by atoms with van der Waals surface area (Å²) in [5, 5.41) is 5.77. The second-order valence-electron chi connectivity index (χ2n) is 4.00. The van der Waals surface area contributed by atoms with Crippen molar-refractivity contribution in [3.8, 4) is 0 Å². The number of amides is 1. The predicted molar refractivity (Wildman–Crippen MR) is 64.5 cm³/mol. The number of fused-ring (bicyclic) bond motifs is 1. The van der Waals surface area contributed by atoms with E-state index in [1.165, 1.54) is 6.07 Å². The minimum absolute atomic E-state index is 0.0534. The van der Waals surface area contributed by atoms with Gasteiger partial charge in [-0.2, -0.15) is 0 Å². The Morgan fingerprint density at radius 2 is 2.06 bits per heavy atom. The first-order valence-corrected chi connectivity index (χ1v) is 5.51. The molecule has 0 bridgehead atoms. The molecule has 4 nitrogen and oxygen atoms in total. The highest BCUT2D eigenvalue weighted by Crippen LogP contribution is 2.27. The lowest BCUT2D eigenvalue weighted by molar-refractivity contribution is 0.0931. The van der Waals surface area contributed by atoms with Crippen molar-refractivity contribution in [3.63, 3.8) is 0 Å². The second-order valence-corrected chi connectivity index (χ2v) is 4.00. The summed E-state index contributed by atoms with van der Waals surface area (Å²) in [5.41, 5.74) is 1.37. The van der Waals surface area contributed by atoms with E-state index in [9.17, 15) is 9.18 Å². The molecule has 0 aliphatic carbocycles. The Balaban J connectivity index is 2.00. The van der Waals surface area contributed by atoms with Crippen molar-refractivity contribution >= 4 is 11.6 Å². The summed E-state index contributed by atoms with van der Waals surface area (Å²) in [5.74, 6) is -0.946. The lowest BCUT2D eigenvalue weighted by atomic mass is 10.1. The second kappa shape index (κ2) is 4.10. The van der Waals surface area contributed by atoms with Crippen molar-refractivity contribution in [3.05, 3.63) is 59.7 Å². The number of halogens is 1. The Hall–Kier alpha value is -2.43. The fraction of sp³-hybridized carbons (Fsp3) is 0.0769. The zero-order valence-corrected chi connectivity index (χ0v) is 9.35. The van der Waals surface area contributed by atoms with Gasteiger partial charge in [-0.1, -0.05) is 12.1 Å². The molecule has 1 aromatic heterocycles. The maximum absolute atomic E-state index is 13.5. The Morgan fingerprint density at radius 3 is 2.83 bits per heavy atom. The molecule has 0 fully saturated rings. The highest BCUT2D eigenvalue weighted by atomic mass is 19.1. The van der Waals surface area contributed by atoms with E-state index in [2.05, 4.69) is 15.6 Å². The zero-order chi connectivity index (χ0) is 12.5. The zero-order valence-electron chi connectivity index (χ0n) is 9.35. The van der Waals surface area contributed by atoms with E-state index in [-0.39, 0.29) is 11.7 Å². The molecule has 1 aliphatic rings. The molecule has 3 rings (SSSR count). The summed E-state index contributed by atoms with van der Waals surface area (Å²) < 4.78 is 13.5. The van der Waals surface area contributed by atoms with E-state index in [0.29, 0.717) is 5.69 Å². The summed E-state index contributed by atoms with van der Waals surface area (Å²) >= 11 is 0. The molecule has 2 heterocycles. The van der Waals surface area contributed by atoms with E-state index >= 15 is 0 Å². The maximum atomic E-state index is 13.5. The smallest absolute Gasteiger partial charge is 0.258 e. The van der Waals surface area contributed by atoms with Crippen molar-refractivity contribution < 1.29 is 9.18 Å². The van der Waals surface area contributed by atoms with Crippen LogP contribution in [0.4, 0.5) is 10.1 Å². The lowest BCUT2D eigenvalue weighted by Crippen LogP contribution is -2.39. The number of nitrogens with one attached hydrogen (secondary N) is 2. The number of carbonyl (C=O) groups excluding carboxylic acids is 1. The van der Waals surface area contributed by atoms with Crippen LogP contribution in [-0.4, -0.2) is 10.9 Å². The minimum atomic E-state index is -0.526. The van der Waals surface area contributed by atoms with Gasteiger partial charge in [-0.05, 0) is 18.2 Å². The van der Waals surface area contributed by atoms with Crippen molar-refractivity contribution in [2.24, 2.45) is 0 Å². The van der Waals surface area contributed by atoms with Crippen LogP contribution in [0.1, 0.15) is 22.1 Å². The number of benzene rings is 1. The maximum Gasteiger partial charge on any atom is 0.258 e. The molecule has 5 heteroatoms. The first-order chi connectivity index (χ1) is 8.75. The largest absolute Gasteiger partial charge is 0.361 e. The summed E-state index contributed by atoms with van der Waals surface area (Å²) in [4.78, 5) is 15.9. The Labute approximate surface area is 103 Å². The van der Waals surface area contributed by atoms with Gasteiger partial charge >= 0.3 is 0 Å². The van der Waals surface area contributed by atoms with Gasteiger partial charge in [-0.3, -0.25) is 9.78 Å². The van der Waals surface area contributed by atoms with Gasteiger partial charge < -0.3 is 10.6 Å². The van der Waals surface area contributed by atoms with E-state index in [0.717, 1.165) is 5.56 Å².